The number of hydrogen-bond donors (Lipinski definition) is 2. The van der Waals surface area contributed by atoms with E-state index < -0.39 is 21.4 Å². The van der Waals surface area contributed by atoms with E-state index in [0.717, 1.165) is 0 Å². The predicted octanol–water partition coefficient (Wildman–Crippen LogP) is 2.41. The van der Waals surface area contributed by atoms with Crippen molar-refractivity contribution in [1.82, 2.24) is 4.90 Å². The Bertz CT molecular complexity index is 791. The van der Waals surface area contributed by atoms with E-state index in [-0.39, 0.29) is 24.1 Å². The SMILES string of the molecule is CCCS(=O)(=O)Nc1cccc(C(=O)N2CCC(C(=O)O)(C(C)C)C2)c1. The average molecular weight is 382 g/mol. The predicted molar refractivity (Wildman–Crippen MR) is 99.6 cm³/mol. The van der Waals surface area contributed by atoms with E-state index >= 15 is 0 Å². The molecule has 1 saturated heterocycles. The van der Waals surface area contributed by atoms with Crippen molar-refractivity contribution < 1.29 is 23.1 Å². The number of aliphatic carboxylic acids is 1. The molecule has 0 spiro atoms. The number of nitrogens with zero attached hydrogens (tertiary/aromatic N) is 1. The molecule has 2 N–H and O–H groups in total. The minimum atomic E-state index is -3.44. The van der Waals surface area contributed by atoms with Crippen LogP contribution in [-0.2, 0) is 14.8 Å². The highest BCUT2D eigenvalue weighted by atomic mass is 32.2. The number of nitrogens with one attached hydrogen (secondary N) is 1. The van der Waals surface area contributed by atoms with Crippen LogP contribution in [-0.4, -0.2) is 49.1 Å². The van der Waals surface area contributed by atoms with Gasteiger partial charge in [-0.3, -0.25) is 14.3 Å². The first kappa shape index (κ1) is 20.2. The summed E-state index contributed by atoms with van der Waals surface area (Å²) in [4.78, 5) is 26.0. The van der Waals surface area contributed by atoms with Gasteiger partial charge in [-0.2, -0.15) is 0 Å². The standard InChI is InChI=1S/C18H26N2O5S/c1-4-10-26(24,25)19-15-7-5-6-14(11-15)16(21)20-9-8-18(12-20,13(2)3)17(22)23/h5-7,11,13,19H,4,8-10,12H2,1-3H3,(H,22,23). The summed E-state index contributed by atoms with van der Waals surface area (Å²) in [5, 5.41) is 9.61. The van der Waals surface area contributed by atoms with Crippen LogP contribution in [0.1, 0.15) is 44.0 Å². The number of amides is 1. The zero-order chi connectivity index (χ0) is 19.5. The number of anilines is 1. The van der Waals surface area contributed by atoms with E-state index in [9.17, 15) is 23.1 Å². The maximum absolute atomic E-state index is 12.8. The van der Waals surface area contributed by atoms with Gasteiger partial charge in [0, 0.05) is 24.3 Å². The zero-order valence-electron chi connectivity index (χ0n) is 15.4. The van der Waals surface area contributed by atoms with Crippen LogP contribution in [0.5, 0.6) is 0 Å². The molecule has 0 saturated carbocycles. The third kappa shape index (κ3) is 4.17. The molecule has 1 aromatic carbocycles. The van der Waals surface area contributed by atoms with Crippen molar-refractivity contribution in [2.45, 2.75) is 33.6 Å². The number of carboxylic acids is 1. The lowest BCUT2D eigenvalue weighted by molar-refractivity contribution is -0.150. The van der Waals surface area contributed by atoms with Crippen LogP contribution >= 0.6 is 0 Å². The second-order valence-electron chi connectivity index (χ2n) is 7.09. The van der Waals surface area contributed by atoms with Gasteiger partial charge < -0.3 is 10.0 Å². The first-order valence-corrected chi connectivity index (χ1v) is 10.4. The summed E-state index contributed by atoms with van der Waals surface area (Å²) >= 11 is 0. The number of carbonyl (C=O) groups excluding carboxylic acids is 1. The summed E-state index contributed by atoms with van der Waals surface area (Å²) in [5.74, 6) is -1.26. The van der Waals surface area contributed by atoms with E-state index in [1.807, 2.05) is 13.8 Å². The van der Waals surface area contributed by atoms with Crippen LogP contribution < -0.4 is 4.72 Å². The van der Waals surface area contributed by atoms with Gasteiger partial charge in [0.25, 0.3) is 5.91 Å². The largest absolute Gasteiger partial charge is 0.481 e. The molecular weight excluding hydrogens is 356 g/mol. The van der Waals surface area contributed by atoms with Crippen molar-refractivity contribution in [2.75, 3.05) is 23.6 Å². The molecule has 1 heterocycles. The number of likely N-dealkylation sites (tertiary alicyclic amines) is 1. The van der Waals surface area contributed by atoms with Gasteiger partial charge in [-0.25, -0.2) is 8.42 Å². The van der Waals surface area contributed by atoms with E-state index in [1.54, 1.807) is 25.1 Å². The lowest BCUT2D eigenvalue weighted by Crippen LogP contribution is -2.40. The lowest BCUT2D eigenvalue weighted by atomic mass is 9.76. The average Bonchev–Trinajstić information content (AvgIpc) is 3.00. The van der Waals surface area contributed by atoms with Gasteiger partial charge in [0.15, 0.2) is 0 Å². The highest BCUT2D eigenvalue weighted by Gasteiger charge is 2.48. The smallest absolute Gasteiger partial charge is 0.311 e. The molecule has 1 aromatic rings. The van der Waals surface area contributed by atoms with Gasteiger partial charge in [-0.15, -0.1) is 0 Å². The highest BCUT2D eigenvalue weighted by molar-refractivity contribution is 7.92. The molecule has 8 heteroatoms. The maximum Gasteiger partial charge on any atom is 0.311 e. The Kier molecular flexibility index (Phi) is 5.95. The van der Waals surface area contributed by atoms with Gasteiger partial charge in [-0.05, 0) is 37.0 Å². The maximum atomic E-state index is 12.8. The quantitative estimate of drug-likeness (QED) is 0.754. The fourth-order valence-corrected chi connectivity index (χ4v) is 4.42. The Morgan fingerprint density at radius 2 is 2.04 bits per heavy atom. The number of sulfonamides is 1. The van der Waals surface area contributed by atoms with Gasteiger partial charge in [0.1, 0.15) is 0 Å². The minimum absolute atomic E-state index is 0.00676. The molecule has 1 aliphatic rings. The zero-order valence-corrected chi connectivity index (χ0v) is 16.2. The molecule has 1 atom stereocenters. The minimum Gasteiger partial charge on any atom is -0.481 e. The highest BCUT2D eigenvalue weighted by Crippen LogP contribution is 2.38. The summed E-state index contributed by atoms with van der Waals surface area (Å²) in [6.07, 6.45) is 0.906. The van der Waals surface area contributed by atoms with Gasteiger partial charge in [-0.1, -0.05) is 26.8 Å². The number of hydrogen-bond acceptors (Lipinski definition) is 4. The number of rotatable bonds is 7. The van der Waals surface area contributed by atoms with Crippen molar-refractivity contribution >= 4 is 27.6 Å². The molecule has 0 radical (unpaired) electrons. The fraction of sp³-hybridized carbons (Fsp3) is 0.556. The summed E-state index contributed by atoms with van der Waals surface area (Å²) in [5.41, 5.74) is -0.265. The molecule has 1 fully saturated rings. The van der Waals surface area contributed by atoms with Crippen LogP contribution in [0.3, 0.4) is 0 Å². The summed E-state index contributed by atoms with van der Waals surface area (Å²) in [7, 11) is -3.44. The topological polar surface area (TPSA) is 104 Å². The Labute approximate surface area is 154 Å². The summed E-state index contributed by atoms with van der Waals surface area (Å²) in [6.45, 7) is 6.01. The summed E-state index contributed by atoms with van der Waals surface area (Å²) in [6, 6.07) is 6.30. The second kappa shape index (κ2) is 7.65. The number of carboxylic acid groups (broad SMARTS) is 1. The van der Waals surface area contributed by atoms with Crippen LogP contribution in [0.4, 0.5) is 5.69 Å². The van der Waals surface area contributed by atoms with Crippen LogP contribution in [0.15, 0.2) is 24.3 Å². The van der Waals surface area contributed by atoms with E-state index in [0.29, 0.717) is 30.6 Å². The molecule has 0 aromatic heterocycles. The molecule has 144 valence electrons. The van der Waals surface area contributed by atoms with E-state index in [4.69, 9.17) is 0 Å². The van der Waals surface area contributed by atoms with Crippen LogP contribution in [0.2, 0.25) is 0 Å². The van der Waals surface area contributed by atoms with Crippen LogP contribution in [0, 0.1) is 11.3 Å². The monoisotopic (exact) mass is 382 g/mol. The molecule has 0 aliphatic carbocycles. The molecule has 2 rings (SSSR count). The van der Waals surface area contributed by atoms with Crippen molar-refractivity contribution in [3.63, 3.8) is 0 Å². The first-order chi connectivity index (χ1) is 12.1. The van der Waals surface area contributed by atoms with Crippen molar-refractivity contribution in [1.29, 1.82) is 0 Å². The lowest BCUT2D eigenvalue weighted by Gasteiger charge is -2.28. The van der Waals surface area contributed by atoms with Crippen molar-refractivity contribution in [2.24, 2.45) is 11.3 Å². The Morgan fingerprint density at radius 3 is 2.58 bits per heavy atom. The molecule has 26 heavy (non-hydrogen) atoms. The second-order valence-corrected chi connectivity index (χ2v) is 8.94. The van der Waals surface area contributed by atoms with Crippen LogP contribution in [0.25, 0.3) is 0 Å². The Morgan fingerprint density at radius 1 is 1.35 bits per heavy atom. The van der Waals surface area contributed by atoms with Crippen molar-refractivity contribution in [3.8, 4) is 0 Å². The molecule has 1 aliphatic heterocycles. The van der Waals surface area contributed by atoms with Gasteiger partial charge >= 0.3 is 5.97 Å². The molecule has 7 nitrogen and oxygen atoms in total. The van der Waals surface area contributed by atoms with Crippen molar-refractivity contribution in [3.05, 3.63) is 29.8 Å². The summed E-state index contributed by atoms with van der Waals surface area (Å²) < 4.78 is 26.3. The molecule has 1 unspecified atom stereocenters. The van der Waals surface area contributed by atoms with Gasteiger partial charge in [0.05, 0.1) is 11.2 Å². The third-order valence-corrected chi connectivity index (χ3v) is 6.47. The Balaban J connectivity index is 2.19. The van der Waals surface area contributed by atoms with Gasteiger partial charge in [0.2, 0.25) is 10.0 Å². The molecule has 0 bridgehead atoms. The van der Waals surface area contributed by atoms with E-state index in [1.165, 1.54) is 11.0 Å². The number of carbonyl (C=O) groups is 2. The third-order valence-electron chi connectivity index (χ3n) is 4.97. The first-order valence-electron chi connectivity index (χ1n) is 8.74. The normalized spacial score (nSPS) is 20.4. The number of benzene rings is 1. The van der Waals surface area contributed by atoms with E-state index in [2.05, 4.69) is 4.72 Å². The fourth-order valence-electron chi connectivity index (χ4n) is 3.30. The molecular formula is C18H26N2O5S. The molecule has 1 amide bonds. The Hall–Kier alpha value is -2.09.